The van der Waals surface area contributed by atoms with Gasteiger partial charge in [-0.3, -0.25) is 4.79 Å². The first-order valence-electron chi connectivity index (χ1n) is 7.30. The summed E-state index contributed by atoms with van der Waals surface area (Å²) < 4.78 is 6.17. The summed E-state index contributed by atoms with van der Waals surface area (Å²) in [6.45, 7) is 2.10. The number of aryl methyl sites for hydroxylation is 1. The summed E-state index contributed by atoms with van der Waals surface area (Å²) >= 11 is 9.69. The van der Waals surface area contributed by atoms with Gasteiger partial charge in [0.1, 0.15) is 17.0 Å². The molecule has 0 aliphatic heterocycles. The van der Waals surface area contributed by atoms with Gasteiger partial charge in [0.15, 0.2) is 0 Å². The molecule has 0 radical (unpaired) electrons. The highest BCUT2D eigenvalue weighted by Crippen LogP contribution is 2.31. The molecule has 0 saturated carbocycles. The highest BCUT2D eigenvalue weighted by Gasteiger charge is 2.22. The highest BCUT2D eigenvalue weighted by molar-refractivity contribution is 9.10. The molecule has 1 N–H and O–H groups in total. The fourth-order valence-electron chi connectivity index (χ4n) is 2.38. The predicted octanol–water partition coefficient (Wildman–Crippen LogP) is 5.00. The lowest BCUT2D eigenvalue weighted by atomic mass is 10.1. The summed E-state index contributed by atoms with van der Waals surface area (Å²) in [5, 5.41) is 7.43. The van der Waals surface area contributed by atoms with Crippen molar-refractivity contribution < 1.29 is 9.32 Å². The molecule has 4 nitrogen and oxygen atoms in total. The van der Waals surface area contributed by atoms with Crippen molar-refractivity contribution in [3.8, 4) is 11.3 Å². The Kier molecular flexibility index (Phi) is 5.02. The summed E-state index contributed by atoms with van der Waals surface area (Å²) in [5.74, 6) is 0.203. The summed E-state index contributed by atoms with van der Waals surface area (Å²) in [4.78, 5) is 12.6. The molecule has 0 unspecified atom stereocenters. The van der Waals surface area contributed by atoms with Crippen molar-refractivity contribution in [2.45, 2.75) is 13.5 Å². The van der Waals surface area contributed by atoms with Crippen molar-refractivity contribution >= 4 is 33.4 Å². The molecule has 0 aliphatic carbocycles. The summed E-state index contributed by atoms with van der Waals surface area (Å²) in [6, 6.07) is 15.0. The maximum atomic E-state index is 12.6. The number of amides is 1. The molecule has 0 bridgehead atoms. The van der Waals surface area contributed by atoms with E-state index in [0.717, 1.165) is 10.0 Å². The molecule has 122 valence electrons. The quantitative estimate of drug-likeness (QED) is 0.665. The molecule has 0 spiro atoms. The van der Waals surface area contributed by atoms with Crippen LogP contribution in [0.2, 0.25) is 5.02 Å². The Morgan fingerprint density at radius 2 is 1.92 bits per heavy atom. The molecule has 3 rings (SSSR count). The highest BCUT2D eigenvalue weighted by atomic mass is 79.9. The number of hydrogen-bond acceptors (Lipinski definition) is 3. The zero-order chi connectivity index (χ0) is 17.1. The smallest absolute Gasteiger partial charge is 0.257 e. The van der Waals surface area contributed by atoms with E-state index in [1.54, 1.807) is 13.0 Å². The Balaban J connectivity index is 1.87. The SMILES string of the molecule is Cc1onc(-c2ccccc2Cl)c1C(=O)NCc1ccccc1Br. The van der Waals surface area contributed by atoms with Gasteiger partial charge < -0.3 is 9.84 Å². The van der Waals surface area contributed by atoms with Crippen molar-refractivity contribution in [2.24, 2.45) is 0 Å². The second-order valence-corrected chi connectivity index (χ2v) is 6.48. The van der Waals surface area contributed by atoms with Gasteiger partial charge in [-0.25, -0.2) is 0 Å². The van der Waals surface area contributed by atoms with Gasteiger partial charge in [0, 0.05) is 16.6 Å². The van der Waals surface area contributed by atoms with Gasteiger partial charge in [-0.2, -0.15) is 0 Å². The van der Waals surface area contributed by atoms with Crippen LogP contribution >= 0.6 is 27.5 Å². The lowest BCUT2D eigenvalue weighted by Gasteiger charge is -2.08. The Labute approximate surface area is 152 Å². The number of hydrogen-bond donors (Lipinski definition) is 1. The Morgan fingerprint density at radius 3 is 2.67 bits per heavy atom. The van der Waals surface area contributed by atoms with E-state index in [9.17, 15) is 4.79 Å². The number of benzene rings is 2. The van der Waals surface area contributed by atoms with E-state index in [1.807, 2.05) is 42.5 Å². The molecular weight excluding hydrogens is 392 g/mol. The molecule has 0 aliphatic rings. The average molecular weight is 406 g/mol. The zero-order valence-corrected chi connectivity index (χ0v) is 15.2. The average Bonchev–Trinajstić information content (AvgIpc) is 2.96. The third kappa shape index (κ3) is 3.37. The van der Waals surface area contributed by atoms with E-state index >= 15 is 0 Å². The van der Waals surface area contributed by atoms with Crippen molar-refractivity contribution in [1.29, 1.82) is 0 Å². The second kappa shape index (κ2) is 7.20. The van der Waals surface area contributed by atoms with E-state index < -0.39 is 0 Å². The van der Waals surface area contributed by atoms with Crippen LogP contribution in [0, 0.1) is 6.92 Å². The number of aromatic nitrogens is 1. The number of carbonyl (C=O) groups is 1. The molecule has 0 saturated heterocycles. The number of halogens is 2. The standard InChI is InChI=1S/C18H14BrClN2O2/c1-11-16(17(22-24-11)13-7-3-5-9-15(13)20)18(23)21-10-12-6-2-4-8-14(12)19/h2-9H,10H2,1H3,(H,21,23). The van der Waals surface area contributed by atoms with Gasteiger partial charge in [-0.1, -0.05) is 69.1 Å². The van der Waals surface area contributed by atoms with E-state index in [4.69, 9.17) is 16.1 Å². The molecule has 24 heavy (non-hydrogen) atoms. The van der Waals surface area contributed by atoms with Crippen molar-refractivity contribution in [3.05, 3.63) is 74.9 Å². The van der Waals surface area contributed by atoms with Crippen molar-refractivity contribution in [2.75, 3.05) is 0 Å². The van der Waals surface area contributed by atoms with Gasteiger partial charge in [-0.15, -0.1) is 0 Å². The topological polar surface area (TPSA) is 55.1 Å². The molecule has 3 aromatic rings. The van der Waals surface area contributed by atoms with Gasteiger partial charge >= 0.3 is 0 Å². The van der Waals surface area contributed by atoms with Crippen molar-refractivity contribution in [1.82, 2.24) is 10.5 Å². The molecule has 0 atom stereocenters. The normalized spacial score (nSPS) is 10.6. The third-order valence-corrected chi connectivity index (χ3v) is 4.72. The number of rotatable bonds is 4. The first kappa shape index (κ1) is 16.7. The molecule has 6 heteroatoms. The van der Waals surface area contributed by atoms with Crippen LogP contribution in [0.5, 0.6) is 0 Å². The van der Waals surface area contributed by atoms with Gasteiger partial charge in [0.25, 0.3) is 5.91 Å². The van der Waals surface area contributed by atoms with E-state index in [0.29, 0.717) is 34.1 Å². The van der Waals surface area contributed by atoms with Crippen LogP contribution in [0.1, 0.15) is 21.7 Å². The first-order valence-corrected chi connectivity index (χ1v) is 8.48. The predicted molar refractivity (Wildman–Crippen MR) is 97.0 cm³/mol. The zero-order valence-electron chi connectivity index (χ0n) is 12.8. The lowest BCUT2D eigenvalue weighted by Crippen LogP contribution is -2.23. The van der Waals surface area contributed by atoms with Crippen LogP contribution in [0.25, 0.3) is 11.3 Å². The Hall–Kier alpha value is -2.11. The maximum Gasteiger partial charge on any atom is 0.257 e. The van der Waals surface area contributed by atoms with Crippen LogP contribution in [0.4, 0.5) is 0 Å². The minimum absolute atomic E-state index is 0.251. The Bertz CT molecular complexity index is 892. The Morgan fingerprint density at radius 1 is 1.21 bits per heavy atom. The largest absolute Gasteiger partial charge is 0.360 e. The molecule has 1 aromatic heterocycles. The van der Waals surface area contributed by atoms with Crippen LogP contribution in [-0.4, -0.2) is 11.1 Å². The molecule has 1 amide bonds. The van der Waals surface area contributed by atoms with Gasteiger partial charge in [0.05, 0.1) is 5.02 Å². The maximum absolute atomic E-state index is 12.6. The second-order valence-electron chi connectivity index (χ2n) is 5.22. The summed E-state index contributed by atoms with van der Waals surface area (Å²) in [5.41, 5.74) is 2.50. The van der Waals surface area contributed by atoms with Crippen LogP contribution in [-0.2, 0) is 6.54 Å². The van der Waals surface area contributed by atoms with E-state index in [2.05, 4.69) is 26.4 Å². The van der Waals surface area contributed by atoms with E-state index in [1.165, 1.54) is 0 Å². The minimum atomic E-state index is -0.251. The van der Waals surface area contributed by atoms with Gasteiger partial charge in [0.2, 0.25) is 0 Å². The summed E-state index contributed by atoms with van der Waals surface area (Å²) in [6.07, 6.45) is 0. The number of carbonyl (C=O) groups excluding carboxylic acids is 1. The van der Waals surface area contributed by atoms with E-state index in [-0.39, 0.29) is 5.91 Å². The lowest BCUT2D eigenvalue weighted by molar-refractivity contribution is 0.0950. The van der Waals surface area contributed by atoms with Gasteiger partial charge in [-0.05, 0) is 24.6 Å². The monoisotopic (exact) mass is 404 g/mol. The number of nitrogens with one attached hydrogen (secondary N) is 1. The summed E-state index contributed by atoms with van der Waals surface area (Å²) in [7, 11) is 0. The molecule has 2 aromatic carbocycles. The van der Waals surface area contributed by atoms with Crippen molar-refractivity contribution in [3.63, 3.8) is 0 Å². The third-order valence-electron chi connectivity index (χ3n) is 3.62. The molecule has 0 fully saturated rings. The van der Waals surface area contributed by atoms with Crippen LogP contribution in [0.3, 0.4) is 0 Å². The minimum Gasteiger partial charge on any atom is -0.360 e. The molecular formula is C18H14BrClN2O2. The first-order chi connectivity index (χ1) is 11.6. The number of nitrogens with zero attached hydrogens (tertiary/aromatic N) is 1. The van der Waals surface area contributed by atoms with Crippen LogP contribution < -0.4 is 5.32 Å². The molecule has 1 heterocycles. The fourth-order valence-corrected chi connectivity index (χ4v) is 3.03. The fraction of sp³-hybridized carbons (Fsp3) is 0.111. The van der Waals surface area contributed by atoms with Crippen LogP contribution in [0.15, 0.2) is 57.5 Å².